The van der Waals surface area contributed by atoms with Crippen molar-refractivity contribution in [2.75, 3.05) is 6.61 Å². The van der Waals surface area contributed by atoms with Crippen molar-refractivity contribution in [3.63, 3.8) is 0 Å². The Labute approximate surface area is 87.1 Å². The highest BCUT2D eigenvalue weighted by Crippen LogP contribution is 2.23. The van der Waals surface area contributed by atoms with E-state index in [2.05, 4.69) is 0 Å². The van der Waals surface area contributed by atoms with Crippen LogP contribution in [-0.2, 0) is 6.42 Å². The Morgan fingerprint density at radius 1 is 1.29 bits per heavy atom. The number of aliphatic hydroxyl groups is 1. The Hall–Kier alpha value is -0.990. The van der Waals surface area contributed by atoms with E-state index in [1.54, 1.807) is 0 Å². The van der Waals surface area contributed by atoms with Gasteiger partial charge >= 0.3 is 0 Å². The van der Waals surface area contributed by atoms with Gasteiger partial charge in [-0.3, -0.25) is 0 Å². The number of aryl methyl sites for hydroxylation is 1. The number of fused-ring (bicyclic) bond motifs is 1. The molecule has 2 rings (SSSR count). The molecular formula is C11H11ClO2. The van der Waals surface area contributed by atoms with Crippen LogP contribution in [0.1, 0.15) is 12.2 Å². The average Bonchev–Trinajstić information content (AvgIpc) is 2.56. The topological polar surface area (TPSA) is 33.4 Å². The van der Waals surface area contributed by atoms with Gasteiger partial charge in [0.1, 0.15) is 11.3 Å². The first kappa shape index (κ1) is 9.56. The summed E-state index contributed by atoms with van der Waals surface area (Å²) in [6.45, 7) is 0.192. The molecule has 0 aliphatic carbocycles. The van der Waals surface area contributed by atoms with Crippen LogP contribution >= 0.6 is 11.6 Å². The summed E-state index contributed by atoms with van der Waals surface area (Å²) in [6, 6.07) is 7.52. The molecule has 1 N–H and O–H groups in total. The molecule has 0 amide bonds. The summed E-state index contributed by atoms with van der Waals surface area (Å²) in [7, 11) is 0. The van der Waals surface area contributed by atoms with Gasteiger partial charge in [-0.05, 0) is 30.7 Å². The first-order valence-corrected chi connectivity index (χ1v) is 4.96. The van der Waals surface area contributed by atoms with Crippen LogP contribution in [0.3, 0.4) is 0 Å². The van der Waals surface area contributed by atoms with E-state index in [0.717, 1.165) is 29.6 Å². The Morgan fingerprint density at radius 2 is 2.14 bits per heavy atom. The fourth-order valence-corrected chi connectivity index (χ4v) is 1.63. The van der Waals surface area contributed by atoms with Crippen LogP contribution in [0.4, 0.5) is 0 Å². The van der Waals surface area contributed by atoms with Crippen LogP contribution in [0, 0.1) is 0 Å². The zero-order valence-corrected chi connectivity index (χ0v) is 8.42. The van der Waals surface area contributed by atoms with Crippen molar-refractivity contribution >= 4 is 22.6 Å². The third-order valence-electron chi connectivity index (χ3n) is 2.11. The van der Waals surface area contributed by atoms with Gasteiger partial charge in [0.25, 0.3) is 0 Å². The van der Waals surface area contributed by atoms with Crippen LogP contribution in [0.5, 0.6) is 0 Å². The zero-order valence-electron chi connectivity index (χ0n) is 7.66. The van der Waals surface area contributed by atoms with E-state index in [0.29, 0.717) is 5.02 Å². The number of aliphatic hydroxyl groups excluding tert-OH is 1. The van der Waals surface area contributed by atoms with Crippen molar-refractivity contribution in [2.45, 2.75) is 12.8 Å². The van der Waals surface area contributed by atoms with Crippen molar-refractivity contribution < 1.29 is 9.52 Å². The summed E-state index contributed by atoms with van der Waals surface area (Å²) in [5.41, 5.74) is 0.849. The van der Waals surface area contributed by atoms with E-state index in [1.807, 2.05) is 24.3 Å². The first-order chi connectivity index (χ1) is 6.79. The molecule has 1 aromatic carbocycles. The lowest BCUT2D eigenvalue weighted by atomic mass is 10.2. The molecule has 14 heavy (non-hydrogen) atoms. The van der Waals surface area contributed by atoms with E-state index < -0.39 is 0 Å². The van der Waals surface area contributed by atoms with Gasteiger partial charge in [-0.2, -0.15) is 0 Å². The minimum atomic E-state index is 0.192. The van der Waals surface area contributed by atoms with Crippen LogP contribution in [0.2, 0.25) is 5.02 Å². The van der Waals surface area contributed by atoms with E-state index in [-0.39, 0.29) is 6.61 Å². The molecule has 2 aromatic rings. The molecule has 3 heteroatoms. The first-order valence-electron chi connectivity index (χ1n) is 4.58. The molecule has 74 valence electrons. The maximum atomic E-state index is 8.68. The van der Waals surface area contributed by atoms with Crippen molar-refractivity contribution in [2.24, 2.45) is 0 Å². The second kappa shape index (κ2) is 4.03. The van der Waals surface area contributed by atoms with E-state index >= 15 is 0 Å². The molecule has 1 heterocycles. The lowest BCUT2D eigenvalue weighted by Gasteiger charge is -1.90. The van der Waals surface area contributed by atoms with Crippen LogP contribution in [0.15, 0.2) is 28.7 Å². The molecule has 0 atom stereocenters. The van der Waals surface area contributed by atoms with Crippen molar-refractivity contribution in [3.8, 4) is 0 Å². The average molecular weight is 211 g/mol. The molecule has 0 unspecified atom stereocenters. The van der Waals surface area contributed by atoms with Crippen molar-refractivity contribution in [3.05, 3.63) is 35.0 Å². The van der Waals surface area contributed by atoms with Crippen LogP contribution < -0.4 is 0 Å². The van der Waals surface area contributed by atoms with E-state index in [4.69, 9.17) is 21.1 Å². The van der Waals surface area contributed by atoms with Gasteiger partial charge in [0.2, 0.25) is 0 Å². The molecule has 2 nitrogen and oxygen atoms in total. The van der Waals surface area contributed by atoms with Crippen molar-refractivity contribution in [1.29, 1.82) is 0 Å². The van der Waals surface area contributed by atoms with E-state index in [1.165, 1.54) is 0 Å². The van der Waals surface area contributed by atoms with E-state index in [9.17, 15) is 0 Å². The quantitative estimate of drug-likeness (QED) is 0.845. The highest BCUT2D eigenvalue weighted by atomic mass is 35.5. The Balaban J connectivity index is 2.32. The molecule has 0 aliphatic heterocycles. The predicted molar refractivity (Wildman–Crippen MR) is 56.6 cm³/mol. The van der Waals surface area contributed by atoms with Crippen LogP contribution in [-0.4, -0.2) is 11.7 Å². The third-order valence-corrected chi connectivity index (χ3v) is 2.35. The Kier molecular flexibility index (Phi) is 2.75. The molecule has 0 saturated heterocycles. The highest BCUT2D eigenvalue weighted by molar-refractivity contribution is 6.31. The SMILES string of the molecule is OCCCc1cc2cc(Cl)ccc2o1. The Bertz CT molecular complexity index is 434. The molecule has 0 spiro atoms. The fourth-order valence-electron chi connectivity index (χ4n) is 1.45. The monoisotopic (exact) mass is 210 g/mol. The summed E-state index contributed by atoms with van der Waals surface area (Å²) in [4.78, 5) is 0. The number of hydrogen-bond acceptors (Lipinski definition) is 2. The fraction of sp³-hybridized carbons (Fsp3) is 0.273. The smallest absolute Gasteiger partial charge is 0.134 e. The molecule has 0 saturated carbocycles. The Morgan fingerprint density at radius 3 is 2.93 bits per heavy atom. The largest absolute Gasteiger partial charge is 0.461 e. The third kappa shape index (κ3) is 1.91. The van der Waals surface area contributed by atoms with Gasteiger partial charge in [-0.25, -0.2) is 0 Å². The number of halogens is 1. The summed E-state index contributed by atoms with van der Waals surface area (Å²) in [5.74, 6) is 0.899. The van der Waals surface area contributed by atoms with Crippen LogP contribution in [0.25, 0.3) is 11.0 Å². The zero-order chi connectivity index (χ0) is 9.97. The lowest BCUT2D eigenvalue weighted by Crippen LogP contribution is -1.85. The minimum Gasteiger partial charge on any atom is -0.461 e. The lowest BCUT2D eigenvalue weighted by molar-refractivity contribution is 0.285. The maximum absolute atomic E-state index is 8.68. The van der Waals surface area contributed by atoms with Gasteiger partial charge < -0.3 is 9.52 Å². The molecule has 0 radical (unpaired) electrons. The minimum absolute atomic E-state index is 0.192. The van der Waals surface area contributed by atoms with Gasteiger partial charge in [0, 0.05) is 23.4 Å². The van der Waals surface area contributed by atoms with Gasteiger partial charge in [0.15, 0.2) is 0 Å². The standard InChI is InChI=1S/C11H11ClO2/c12-9-3-4-11-8(6-9)7-10(14-11)2-1-5-13/h3-4,6-7,13H,1-2,5H2. The number of benzene rings is 1. The summed E-state index contributed by atoms with van der Waals surface area (Å²) < 4.78 is 5.56. The molecule has 0 aliphatic rings. The molecular weight excluding hydrogens is 200 g/mol. The van der Waals surface area contributed by atoms with Crippen molar-refractivity contribution in [1.82, 2.24) is 0 Å². The highest BCUT2D eigenvalue weighted by Gasteiger charge is 2.03. The molecule has 0 fully saturated rings. The number of rotatable bonds is 3. The molecule has 0 bridgehead atoms. The van der Waals surface area contributed by atoms with Gasteiger partial charge in [0.05, 0.1) is 0 Å². The second-order valence-electron chi connectivity index (χ2n) is 3.22. The van der Waals surface area contributed by atoms with Gasteiger partial charge in [-0.1, -0.05) is 11.6 Å². The van der Waals surface area contributed by atoms with Gasteiger partial charge in [-0.15, -0.1) is 0 Å². The summed E-state index contributed by atoms with van der Waals surface area (Å²) in [5, 5.41) is 10.4. The number of hydrogen-bond donors (Lipinski definition) is 1. The predicted octanol–water partition coefficient (Wildman–Crippen LogP) is 3.01. The normalized spacial score (nSPS) is 11.0. The summed E-state index contributed by atoms with van der Waals surface area (Å²) >= 11 is 5.85. The number of furan rings is 1. The second-order valence-corrected chi connectivity index (χ2v) is 3.66. The molecule has 1 aromatic heterocycles. The maximum Gasteiger partial charge on any atom is 0.134 e. The summed E-state index contributed by atoms with van der Waals surface area (Å²) in [6.07, 6.45) is 1.50.